The van der Waals surface area contributed by atoms with Crippen molar-refractivity contribution in [3.63, 3.8) is 0 Å². The number of ether oxygens (including phenoxy) is 1. The van der Waals surface area contributed by atoms with E-state index in [4.69, 9.17) is 9.72 Å². The van der Waals surface area contributed by atoms with Crippen molar-refractivity contribution in [2.24, 2.45) is 0 Å². The average molecular weight is 456 g/mol. The molecule has 0 atom stereocenters. The van der Waals surface area contributed by atoms with Crippen LogP contribution in [0, 0.1) is 6.92 Å². The van der Waals surface area contributed by atoms with Gasteiger partial charge < -0.3 is 14.6 Å². The number of para-hydroxylation sites is 2. The van der Waals surface area contributed by atoms with Gasteiger partial charge in [-0.15, -0.1) is 0 Å². The van der Waals surface area contributed by atoms with Gasteiger partial charge in [-0.25, -0.2) is 4.98 Å². The lowest BCUT2D eigenvalue weighted by atomic mass is 10.0. The summed E-state index contributed by atoms with van der Waals surface area (Å²) in [7, 11) is 0. The number of carbonyl (C=O) groups is 1. The molecule has 5 heteroatoms. The zero-order valence-electron chi connectivity index (χ0n) is 20.3. The summed E-state index contributed by atoms with van der Waals surface area (Å²) in [6, 6.07) is 24.1. The Morgan fingerprint density at radius 3 is 2.56 bits per heavy atom. The second-order valence-corrected chi connectivity index (χ2v) is 9.00. The molecular formula is C29H33N3O2. The molecule has 1 amide bonds. The zero-order valence-corrected chi connectivity index (χ0v) is 20.3. The average Bonchev–Trinajstić information content (AvgIpc) is 3.20. The van der Waals surface area contributed by atoms with Crippen LogP contribution in [0.25, 0.3) is 11.0 Å². The SMILES string of the molecule is Cc1cccc(C(=O)NCc2nc3ccccc3n2CCCCOc2ccc(C(C)C)cc2)c1. The van der Waals surface area contributed by atoms with Crippen LogP contribution in [-0.2, 0) is 13.1 Å². The van der Waals surface area contributed by atoms with Gasteiger partial charge in [0.2, 0.25) is 0 Å². The fourth-order valence-corrected chi connectivity index (χ4v) is 4.07. The molecule has 1 N–H and O–H groups in total. The third kappa shape index (κ3) is 5.84. The van der Waals surface area contributed by atoms with Crippen molar-refractivity contribution in [1.29, 1.82) is 0 Å². The molecule has 1 heterocycles. The van der Waals surface area contributed by atoms with Crippen LogP contribution in [0.3, 0.4) is 0 Å². The lowest BCUT2D eigenvalue weighted by Crippen LogP contribution is -2.25. The number of imidazole rings is 1. The van der Waals surface area contributed by atoms with E-state index in [0.29, 0.717) is 24.6 Å². The highest BCUT2D eigenvalue weighted by Crippen LogP contribution is 2.20. The molecule has 0 aliphatic carbocycles. The van der Waals surface area contributed by atoms with Crippen molar-refractivity contribution in [3.05, 3.63) is 95.3 Å². The standard InChI is InChI=1S/C29H33N3O2/c1-21(2)23-13-15-25(16-14-23)34-18-7-6-17-32-27-12-5-4-11-26(27)31-28(32)20-30-29(33)24-10-8-9-22(3)19-24/h4-5,8-16,19,21H,6-7,17-18,20H2,1-3H3,(H,30,33). The number of benzene rings is 3. The molecule has 0 aliphatic heterocycles. The highest BCUT2D eigenvalue weighted by Gasteiger charge is 2.12. The molecule has 176 valence electrons. The third-order valence-corrected chi connectivity index (χ3v) is 6.01. The Morgan fingerprint density at radius 1 is 1.00 bits per heavy atom. The predicted octanol–water partition coefficient (Wildman–Crippen LogP) is 6.26. The molecule has 4 aromatic rings. The van der Waals surface area contributed by atoms with Gasteiger partial charge >= 0.3 is 0 Å². The van der Waals surface area contributed by atoms with Crippen molar-refractivity contribution in [2.45, 2.75) is 52.6 Å². The molecule has 0 aliphatic rings. The smallest absolute Gasteiger partial charge is 0.251 e. The first-order chi connectivity index (χ1) is 16.5. The lowest BCUT2D eigenvalue weighted by Gasteiger charge is -2.12. The van der Waals surface area contributed by atoms with E-state index in [1.807, 2.05) is 61.5 Å². The number of rotatable bonds is 10. The number of hydrogen-bond acceptors (Lipinski definition) is 3. The predicted molar refractivity (Wildman–Crippen MR) is 137 cm³/mol. The largest absolute Gasteiger partial charge is 0.494 e. The minimum Gasteiger partial charge on any atom is -0.494 e. The van der Waals surface area contributed by atoms with Crippen molar-refractivity contribution >= 4 is 16.9 Å². The number of nitrogens with one attached hydrogen (secondary N) is 1. The minimum absolute atomic E-state index is 0.0841. The summed E-state index contributed by atoms with van der Waals surface area (Å²) in [5.74, 6) is 2.22. The topological polar surface area (TPSA) is 56.2 Å². The van der Waals surface area contributed by atoms with Crippen LogP contribution >= 0.6 is 0 Å². The molecule has 1 aromatic heterocycles. The van der Waals surface area contributed by atoms with E-state index in [9.17, 15) is 4.79 Å². The van der Waals surface area contributed by atoms with Gasteiger partial charge in [-0.2, -0.15) is 0 Å². The van der Waals surface area contributed by atoms with Gasteiger partial charge in [0, 0.05) is 12.1 Å². The summed E-state index contributed by atoms with van der Waals surface area (Å²) in [5.41, 5.74) is 5.09. The van der Waals surface area contributed by atoms with E-state index < -0.39 is 0 Å². The van der Waals surface area contributed by atoms with E-state index >= 15 is 0 Å². The molecule has 3 aromatic carbocycles. The molecule has 0 fully saturated rings. The number of aryl methyl sites for hydroxylation is 2. The van der Waals surface area contributed by atoms with Gasteiger partial charge in [0.25, 0.3) is 5.91 Å². The van der Waals surface area contributed by atoms with Crippen molar-refractivity contribution in [3.8, 4) is 5.75 Å². The maximum Gasteiger partial charge on any atom is 0.251 e. The van der Waals surface area contributed by atoms with E-state index in [0.717, 1.165) is 47.6 Å². The summed E-state index contributed by atoms with van der Waals surface area (Å²) in [5, 5.41) is 3.03. The van der Waals surface area contributed by atoms with E-state index in [2.05, 4.69) is 41.9 Å². The van der Waals surface area contributed by atoms with E-state index in [-0.39, 0.29) is 5.91 Å². The van der Waals surface area contributed by atoms with Gasteiger partial charge in [-0.05, 0) is 67.6 Å². The fraction of sp³-hybridized carbons (Fsp3) is 0.310. The summed E-state index contributed by atoms with van der Waals surface area (Å²) in [4.78, 5) is 17.4. The van der Waals surface area contributed by atoms with Crippen LogP contribution in [-0.4, -0.2) is 22.1 Å². The van der Waals surface area contributed by atoms with Gasteiger partial charge in [0.05, 0.1) is 24.2 Å². The van der Waals surface area contributed by atoms with Crippen molar-refractivity contribution < 1.29 is 9.53 Å². The first-order valence-corrected chi connectivity index (χ1v) is 12.0. The number of nitrogens with zero attached hydrogens (tertiary/aromatic N) is 2. The van der Waals surface area contributed by atoms with Crippen molar-refractivity contribution in [1.82, 2.24) is 14.9 Å². The molecule has 0 saturated heterocycles. The summed E-state index contributed by atoms with van der Waals surface area (Å²) in [6.45, 7) is 8.26. The molecule has 0 saturated carbocycles. The molecule has 4 rings (SSSR count). The van der Waals surface area contributed by atoms with Crippen LogP contribution in [0.15, 0.2) is 72.8 Å². The number of unbranched alkanes of at least 4 members (excludes halogenated alkanes) is 1. The Kier molecular flexibility index (Phi) is 7.63. The highest BCUT2D eigenvalue weighted by molar-refractivity contribution is 5.94. The molecular weight excluding hydrogens is 422 g/mol. The Hall–Kier alpha value is -3.60. The number of carbonyl (C=O) groups excluding carboxylic acids is 1. The maximum absolute atomic E-state index is 12.6. The lowest BCUT2D eigenvalue weighted by molar-refractivity contribution is 0.0949. The monoisotopic (exact) mass is 455 g/mol. The maximum atomic E-state index is 12.6. The molecule has 5 nitrogen and oxygen atoms in total. The Labute approximate surface area is 201 Å². The van der Waals surface area contributed by atoms with Crippen LogP contribution in [0.4, 0.5) is 0 Å². The van der Waals surface area contributed by atoms with Gasteiger partial charge in [0.15, 0.2) is 0 Å². The Morgan fingerprint density at radius 2 is 1.79 bits per heavy atom. The first-order valence-electron chi connectivity index (χ1n) is 12.0. The second-order valence-electron chi connectivity index (χ2n) is 9.00. The Bertz CT molecular complexity index is 1240. The first kappa shape index (κ1) is 23.6. The van der Waals surface area contributed by atoms with Crippen molar-refractivity contribution in [2.75, 3.05) is 6.61 Å². The van der Waals surface area contributed by atoms with Gasteiger partial charge in [-0.3, -0.25) is 4.79 Å². The molecule has 0 bridgehead atoms. The summed E-state index contributed by atoms with van der Waals surface area (Å²) in [6.07, 6.45) is 1.90. The normalized spacial score (nSPS) is 11.2. The molecule has 0 spiro atoms. The molecule has 34 heavy (non-hydrogen) atoms. The quantitative estimate of drug-likeness (QED) is 0.287. The number of aromatic nitrogens is 2. The highest BCUT2D eigenvalue weighted by atomic mass is 16.5. The van der Waals surface area contributed by atoms with Gasteiger partial charge in [-0.1, -0.05) is 55.8 Å². The fourth-order valence-electron chi connectivity index (χ4n) is 4.07. The van der Waals surface area contributed by atoms with E-state index in [1.165, 1.54) is 5.56 Å². The van der Waals surface area contributed by atoms with Crippen LogP contribution in [0.2, 0.25) is 0 Å². The zero-order chi connectivity index (χ0) is 23.9. The summed E-state index contributed by atoms with van der Waals surface area (Å²) < 4.78 is 8.15. The number of hydrogen-bond donors (Lipinski definition) is 1. The number of amides is 1. The third-order valence-electron chi connectivity index (χ3n) is 6.01. The van der Waals surface area contributed by atoms with Crippen LogP contribution in [0.5, 0.6) is 5.75 Å². The molecule has 0 unspecified atom stereocenters. The Balaban J connectivity index is 1.35. The van der Waals surface area contributed by atoms with Crippen LogP contribution < -0.4 is 10.1 Å². The van der Waals surface area contributed by atoms with E-state index in [1.54, 1.807) is 0 Å². The molecule has 0 radical (unpaired) electrons. The number of fused-ring (bicyclic) bond motifs is 1. The minimum atomic E-state index is -0.0841. The second kappa shape index (κ2) is 11.0. The summed E-state index contributed by atoms with van der Waals surface area (Å²) >= 11 is 0. The van der Waals surface area contributed by atoms with Crippen LogP contribution in [0.1, 0.15) is 59.9 Å². The van der Waals surface area contributed by atoms with Gasteiger partial charge in [0.1, 0.15) is 11.6 Å².